The predicted octanol–water partition coefficient (Wildman–Crippen LogP) is 1.33. The minimum absolute atomic E-state index is 0.140. The van der Waals surface area contributed by atoms with Gasteiger partial charge in [0.15, 0.2) is 0 Å². The molecule has 4 nitrogen and oxygen atoms in total. The van der Waals surface area contributed by atoms with Gasteiger partial charge in [0.05, 0.1) is 5.60 Å². The molecule has 2 fully saturated rings. The Morgan fingerprint density at radius 2 is 2.12 bits per heavy atom. The summed E-state index contributed by atoms with van der Waals surface area (Å²) in [5.41, 5.74) is 5.28. The lowest BCUT2D eigenvalue weighted by Gasteiger charge is -2.43. The van der Waals surface area contributed by atoms with E-state index in [0.29, 0.717) is 19.0 Å². The van der Waals surface area contributed by atoms with Gasteiger partial charge in [-0.3, -0.25) is 4.79 Å². The third kappa shape index (κ3) is 3.68. The number of carbonyl (C=O) groups is 1. The molecule has 3 N–H and O–H groups in total. The van der Waals surface area contributed by atoms with Crippen LogP contribution in [0, 0.1) is 0 Å². The Hall–Kier alpha value is -0.610. The molecule has 4 heteroatoms. The summed E-state index contributed by atoms with van der Waals surface area (Å²) in [4.78, 5) is 10.7. The zero-order valence-corrected chi connectivity index (χ0v) is 10.5. The fourth-order valence-corrected chi connectivity index (χ4v) is 3.15. The molecule has 1 spiro atoms. The second-order valence-corrected chi connectivity index (χ2v) is 5.45. The maximum Gasteiger partial charge on any atom is 0.218 e. The lowest BCUT2D eigenvalue weighted by molar-refractivity contribution is -0.118. The van der Waals surface area contributed by atoms with E-state index in [0.717, 1.165) is 19.4 Å². The molecule has 1 amide bonds. The highest BCUT2D eigenvalue weighted by Crippen LogP contribution is 2.38. The molecule has 1 unspecified atom stereocenters. The first-order valence-corrected chi connectivity index (χ1v) is 6.86. The van der Waals surface area contributed by atoms with E-state index >= 15 is 0 Å². The molecule has 1 aliphatic heterocycles. The third-order valence-corrected chi connectivity index (χ3v) is 4.06. The number of rotatable bonds is 4. The zero-order valence-electron chi connectivity index (χ0n) is 10.5. The first-order chi connectivity index (χ1) is 8.20. The second-order valence-electron chi connectivity index (χ2n) is 5.45. The number of primary amides is 1. The maximum absolute atomic E-state index is 10.7. The van der Waals surface area contributed by atoms with E-state index in [1.165, 1.54) is 32.1 Å². The van der Waals surface area contributed by atoms with Crippen molar-refractivity contribution >= 4 is 5.91 Å². The number of hydrogen-bond acceptors (Lipinski definition) is 3. The van der Waals surface area contributed by atoms with Crippen molar-refractivity contribution in [1.82, 2.24) is 5.32 Å². The molecule has 1 atom stereocenters. The van der Waals surface area contributed by atoms with Gasteiger partial charge >= 0.3 is 0 Å². The van der Waals surface area contributed by atoms with E-state index < -0.39 is 0 Å². The molecule has 1 heterocycles. The predicted molar refractivity (Wildman–Crippen MR) is 66.6 cm³/mol. The van der Waals surface area contributed by atoms with Gasteiger partial charge < -0.3 is 15.8 Å². The summed E-state index contributed by atoms with van der Waals surface area (Å²) in [7, 11) is 0. The third-order valence-electron chi connectivity index (χ3n) is 4.06. The SMILES string of the molecule is NC(=O)CCNC1CCOC2(CCCCC2)C1. The molecule has 0 bridgehead atoms. The summed E-state index contributed by atoms with van der Waals surface area (Å²) in [6.07, 6.45) is 8.96. The van der Waals surface area contributed by atoms with Crippen LogP contribution in [0.4, 0.5) is 0 Å². The molecular weight excluding hydrogens is 216 g/mol. The molecule has 0 aromatic rings. The van der Waals surface area contributed by atoms with Crippen LogP contribution in [0.5, 0.6) is 0 Å². The van der Waals surface area contributed by atoms with Crippen molar-refractivity contribution in [2.24, 2.45) is 5.73 Å². The lowest BCUT2D eigenvalue weighted by Crippen LogP contribution is -2.48. The van der Waals surface area contributed by atoms with E-state index in [1.807, 2.05) is 0 Å². The Labute approximate surface area is 103 Å². The van der Waals surface area contributed by atoms with Crippen LogP contribution in [-0.4, -0.2) is 30.7 Å². The van der Waals surface area contributed by atoms with E-state index in [1.54, 1.807) is 0 Å². The van der Waals surface area contributed by atoms with Crippen molar-refractivity contribution in [1.29, 1.82) is 0 Å². The zero-order chi connectivity index (χ0) is 12.1. The minimum Gasteiger partial charge on any atom is -0.375 e. The van der Waals surface area contributed by atoms with Crippen LogP contribution >= 0.6 is 0 Å². The van der Waals surface area contributed by atoms with Crippen LogP contribution in [0.1, 0.15) is 51.4 Å². The fourth-order valence-electron chi connectivity index (χ4n) is 3.15. The number of nitrogens with one attached hydrogen (secondary N) is 1. The molecule has 1 saturated carbocycles. The summed E-state index contributed by atoms with van der Waals surface area (Å²) in [5.74, 6) is -0.225. The monoisotopic (exact) mass is 240 g/mol. The van der Waals surface area contributed by atoms with Gasteiger partial charge in [0, 0.05) is 25.6 Å². The summed E-state index contributed by atoms with van der Waals surface area (Å²) >= 11 is 0. The van der Waals surface area contributed by atoms with Gasteiger partial charge in [0.2, 0.25) is 5.91 Å². The first kappa shape index (κ1) is 12.8. The van der Waals surface area contributed by atoms with Crippen molar-refractivity contribution in [3.8, 4) is 0 Å². The standard InChI is InChI=1S/C13H24N2O2/c14-12(16)4-8-15-11-5-9-17-13(10-11)6-2-1-3-7-13/h11,15H,1-10H2,(H2,14,16). The molecule has 0 aromatic carbocycles. The number of amides is 1. The van der Waals surface area contributed by atoms with E-state index in [-0.39, 0.29) is 11.5 Å². The molecule has 1 aliphatic carbocycles. The molecule has 0 radical (unpaired) electrons. The van der Waals surface area contributed by atoms with Crippen LogP contribution in [0.2, 0.25) is 0 Å². The quantitative estimate of drug-likeness (QED) is 0.779. The van der Waals surface area contributed by atoms with Crippen LogP contribution in [0.25, 0.3) is 0 Å². The largest absolute Gasteiger partial charge is 0.375 e. The number of carbonyl (C=O) groups excluding carboxylic acids is 1. The van der Waals surface area contributed by atoms with Crippen molar-refractivity contribution in [2.75, 3.05) is 13.2 Å². The molecule has 17 heavy (non-hydrogen) atoms. The van der Waals surface area contributed by atoms with Crippen molar-refractivity contribution < 1.29 is 9.53 Å². The summed E-state index contributed by atoms with van der Waals surface area (Å²) in [5, 5.41) is 3.44. The highest BCUT2D eigenvalue weighted by Gasteiger charge is 2.38. The second kappa shape index (κ2) is 5.83. The van der Waals surface area contributed by atoms with Gasteiger partial charge in [0.1, 0.15) is 0 Å². The van der Waals surface area contributed by atoms with Crippen LogP contribution in [0.3, 0.4) is 0 Å². The van der Waals surface area contributed by atoms with Gasteiger partial charge in [-0.15, -0.1) is 0 Å². The van der Waals surface area contributed by atoms with Gasteiger partial charge in [-0.05, 0) is 25.7 Å². The van der Waals surface area contributed by atoms with Crippen LogP contribution in [-0.2, 0) is 9.53 Å². The molecule has 2 aliphatic rings. The summed E-state index contributed by atoms with van der Waals surface area (Å²) in [6.45, 7) is 1.56. The Bertz CT molecular complexity index is 257. The van der Waals surface area contributed by atoms with Crippen molar-refractivity contribution in [3.05, 3.63) is 0 Å². The van der Waals surface area contributed by atoms with Gasteiger partial charge in [-0.25, -0.2) is 0 Å². The molecule has 1 saturated heterocycles. The Balaban J connectivity index is 1.77. The highest BCUT2D eigenvalue weighted by atomic mass is 16.5. The Morgan fingerprint density at radius 1 is 1.35 bits per heavy atom. The van der Waals surface area contributed by atoms with E-state index in [4.69, 9.17) is 10.5 Å². The topological polar surface area (TPSA) is 64.4 Å². The van der Waals surface area contributed by atoms with Gasteiger partial charge in [0.25, 0.3) is 0 Å². The maximum atomic E-state index is 10.7. The van der Waals surface area contributed by atoms with Crippen molar-refractivity contribution in [2.45, 2.75) is 63.0 Å². The molecule has 98 valence electrons. The normalized spacial score (nSPS) is 28.1. The highest BCUT2D eigenvalue weighted by molar-refractivity contribution is 5.73. The van der Waals surface area contributed by atoms with Crippen LogP contribution in [0.15, 0.2) is 0 Å². The van der Waals surface area contributed by atoms with E-state index in [2.05, 4.69) is 5.32 Å². The fraction of sp³-hybridized carbons (Fsp3) is 0.923. The smallest absolute Gasteiger partial charge is 0.218 e. The number of nitrogens with two attached hydrogens (primary N) is 1. The Kier molecular flexibility index (Phi) is 4.40. The average Bonchev–Trinajstić information content (AvgIpc) is 2.29. The molecule has 0 aromatic heterocycles. The summed E-state index contributed by atoms with van der Waals surface area (Å²) in [6, 6.07) is 0.501. The van der Waals surface area contributed by atoms with Gasteiger partial charge in [-0.1, -0.05) is 19.3 Å². The first-order valence-electron chi connectivity index (χ1n) is 6.86. The lowest BCUT2D eigenvalue weighted by atomic mass is 9.78. The van der Waals surface area contributed by atoms with Gasteiger partial charge in [-0.2, -0.15) is 0 Å². The molecular formula is C13H24N2O2. The number of ether oxygens (including phenoxy) is 1. The van der Waals surface area contributed by atoms with Crippen LogP contribution < -0.4 is 11.1 Å². The average molecular weight is 240 g/mol. The van der Waals surface area contributed by atoms with Crippen molar-refractivity contribution in [3.63, 3.8) is 0 Å². The number of hydrogen-bond donors (Lipinski definition) is 2. The summed E-state index contributed by atoms with van der Waals surface area (Å²) < 4.78 is 6.03. The van der Waals surface area contributed by atoms with E-state index in [9.17, 15) is 4.79 Å². The minimum atomic E-state index is -0.225. The molecule has 2 rings (SSSR count). The Morgan fingerprint density at radius 3 is 2.82 bits per heavy atom.